The predicted molar refractivity (Wildman–Crippen MR) is 120 cm³/mol. The van der Waals surface area contributed by atoms with Gasteiger partial charge in [0.1, 0.15) is 12.4 Å². The lowest BCUT2D eigenvalue weighted by Gasteiger charge is -2.08. The molecule has 1 aliphatic heterocycles. The van der Waals surface area contributed by atoms with Gasteiger partial charge in [-0.05, 0) is 41.3 Å². The highest BCUT2D eigenvalue weighted by atomic mass is 32.2. The van der Waals surface area contributed by atoms with E-state index in [0.29, 0.717) is 30.8 Å². The first-order chi connectivity index (χ1) is 15.0. The monoisotopic (exact) mass is 436 g/mol. The molecule has 0 radical (unpaired) electrons. The summed E-state index contributed by atoms with van der Waals surface area (Å²) in [6, 6.07) is 20.8. The number of hydrogen-bond acceptors (Lipinski definition) is 5. The SMILES string of the molecule is O=C(CCCCCN=C1NS(=O)(=O)c2ccccc21)OCc1cccc2ccccc12. The molecule has 0 unspecified atom stereocenters. The Bertz CT molecular complexity index is 1230. The number of sulfonamides is 1. The minimum Gasteiger partial charge on any atom is -0.461 e. The lowest BCUT2D eigenvalue weighted by molar-refractivity contribution is -0.145. The highest BCUT2D eigenvalue weighted by Crippen LogP contribution is 2.22. The van der Waals surface area contributed by atoms with Gasteiger partial charge in [-0.1, -0.05) is 61.0 Å². The normalized spacial score (nSPS) is 15.5. The van der Waals surface area contributed by atoms with Crippen molar-refractivity contribution in [3.63, 3.8) is 0 Å². The molecule has 0 aliphatic carbocycles. The van der Waals surface area contributed by atoms with Gasteiger partial charge in [-0.25, -0.2) is 8.42 Å². The van der Waals surface area contributed by atoms with Crippen LogP contribution < -0.4 is 4.72 Å². The fourth-order valence-corrected chi connectivity index (χ4v) is 4.90. The van der Waals surface area contributed by atoms with E-state index in [4.69, 9.17) is 4.74 Å². The number of carbonyl (C=O) groups excluding carboxylic acids is 1. The van der Waals surface area contributed by atoms with Crippen molar-refractivity contribution in [1.29, 1.82) is 0 Å². The number of benzene rings is 3. The second kappa shape index (κ2) is 9.31. The summed E-state index contributed by atoms with van der Waals surface area (Å²) in [5.74, 6) is 0.182. The maximum atomic E-state index is 12.1. The molecular formula is C24H24N2O4S. The van der Waals surface area contributed by atoms with Crippen molar-refractivity contribution in [2.45, 2.75) is 37.2 Å². The van der Waals surface area contributed by atoms with Crippen molar-refractivity contribution in [2.75, 3.05) is 6.54 Å². The third-order valence-electron chi connectivity index (χ3n) is 5.24. The zero-order chi connectivity index (χ0) is 21.7. The summed E-state index contributed by atoms with van der Waals surface area (Å²) < 4.78 is 32.1. The van der Waals surface area contributed by atoms with Crippen LogP contribution in [0.1, 0.15) is 36.8 Å². The smallest absolute Gasteiger partial charge is 0.306 e. The van der Waals surface area contributed by atoms with E-state index in [-0.39, 0.29) is 17.5 Å². The summed E-state index contributed by atoms with van der Waals surface area (Å²) in [4.78, 5) is 16.7. The molecule has 3 aromatic carbocycles. The Morgan fingerprint density at radius 3 is 2.58 bits per heavy atom. The van der Waals surface area contributed by atoms with Crippen molar-refractivity contribution in [3.8, 4) is 0 Å². The van der Waals surface area contributed by atoms with Crippen LogP contribution in [0.3, 0.4) is 0 Å². The number of hydrogen-bond donors (Lipinski definition) is 1. The fraction of sp³-hybridized carbons (Fsp3) is 0.250. The average Bonchev–Trinajstić information content (AvgIpc) is 3.05. The van der Waals surface area contributed by atoms with Gasteiger partial charge in [-0.2, -0.15) is 0 Å². The molecule has 6 nitrogen and oxygen atoms in total. The molecular weight excluding hydrogens is 412 g/mol. The maximum absolute atomic E-state index is 12.1. The molecule has 0 atom stereocenters. The number of amidine groups is 1. The van der Waals surface area contributed by atoms with Crippen LogP contribution in [0, 0.1) is 0 Å². The van der Waals surface area contributed by atoms with Gasteiger partial charge in [0.25, 0.3) is 10.0 Å². The molecule has 0 aromatic heterocycles. The molecule has 0 saturated heterocycles. The first-order valence-electron chi connectivity index (χ1n) is 10.3. The number of ether oxygens (including phenoxy) is 1. The lowest BCUT2D eigenvalue weighted by Crippen LogP contribution is -2.22. The van der Waals surface area contributed by atoms with Crippen molar-refractivity contribution < 1.29 is 17.9 Å². The molecule has 31 heavy (non-hydrogen) atoms. The van der Waals surface area contributed by atoms with Gasteiger partial charge in [-0.15, -0.1) is 0 Å². The lowest BCUT2D eigenvalue weighted by atomic mass is 10.1. The highest BCUT2D eigenvalue weighted by molar-refractivity contribution is 7.90. The number of aliphatic imine (C=N–C) groups is 1. The Morgan fingerprint density at radius 1 is 0.903 bits per heavy atom. The molecule has 4 rings (SSSR count). The van der Waals surface area contributed by atoms with Crippen LogP contribution >= 0.6 is 0 Å². The molecule has 3 aromatic rings. The van der Waals surface area contributed by atoms with E-state index < -0.39 is 10.0 Å². The summed E-state index contributed by atoms with van der Waals surface area (Å²) >= 11 is 0. The largest absolute Gasteiger partial charge is 0.461 e. The van der Waals surface area contributed by atoms with E-state index in [1.165, 1.54) is 0 Å². The highest BCUT2D eigenvalue weighted by Gasteiger charge is 2.29. The van der Waals surface area contributed by atoms with E-state index in [9.17, 15) is 13.2 Å². The summed E-state index contributed by atoms with van der Waals surface area (Å²) in [5.41, 5.74) is 1.61. The first kappa shape index (κ1) is 21.1. The summed E-state index contributed by atoms with van der Waals surface area (Å²) in [6.07, 6.45) is 2.65. The van der Waals surface area contributed by atoms with Crippen LogP contribution in [-0.4, -0.2) is 26.8 Å². The Morgan fingerprint density at radius 2 is 1.68 bits per heavy atom. The molecule has 0 bridgehead atoms. The first-order valence-corrected chi connectivity index (χ1v) is 11.8. The molecule has 0 spiro atoms. The standard InChI is InChI=1S/C24H24N2O4S/c27-23(30-17-19-11-8-10-18-9-3-4-12-20(18)19)15-2-1-7-16-25-24-21-13-5-6-14-22(21)31(28,29)26-24/h3-6,8-14H,1-2,7,15-17H2,(H,25,26). The molecule has 160 valence electrons. The van der Waals surface area contributed by atoms with Crippen LogP contribution in [0.2, 0.25) is 0 Å². The molecule has 0 saturated carbocycles. The zero-order valence-corrected chi connectivity index (χ0v) is 17.9. The van der Waals surface area contributed by atoms with E-state index >= 15 is 0 Å². The van der Waals surface area contributed by atoms with Gasteiger partial charge in [0, 0.05) is 18.5 Å². The number of nitrogens with zero attached hydrogens (tertiary/aromatic N) is 1. The third-order valence-corrected chi connectivity index (χ3v) is 6.64. The topological polar surface area (TPSA) is 84.8 Å². The minimum atomic E-state index is -3.50. The Kier molecular flexibility index (Phi) is 6.32. The van der Waals surface area contributed by atoms with Gasteiger partial charge in [-0.3, -0.25) is 14.5 Å². The van der Waals surface area contributed by atoms with Gasteiger partial charge >= 0.3 is 5.97 Å². The van der Waals surface area contributed by atoms with E-state index in [1.54, 1.807) is 24.3 Å². The average molecular weight is 437 g/mol. The van der Waals surface area contributed by atoms with Gasteiger partial charge in [0.05, 0.1) is 4.90 Å². The van der Waals surface area contributed by atoms with Gasteiger partial charge < -0.3 is 4.74 Å². The van der Waals surface area contributed by atoms with Crippen LogP contribution in [0.4, 0.5) is 0 Å². The molecule has 0 amide bonds. The Balaban J connectivity index is 1.19. The van der Waals surface area contributed by atoms with Crippen molar-refractivity contribution in [2.24, 2.45) is 4.99 Å². The number of fused-ring (bicyclic) bond motifs is 2. The van der Waals surface area contributed by atoms with E-state index in [2.05, 4.69) is 9.71 Å². The van der Waals surface area contributed by atoms with Crippen molar-refractivity contribution in [1.82, 2.24) is 4.72 Å². The predicted octanol–water partition coefficient (Wildman–Crippen LogP) is 4.18. The summed E-state index contributed by atoms with van der Waals surface area (Å²) in [7, 11) is -3.50. The summed E-state index contributed by atoms with van der Waals surface area (Å²) in [5, 5.41) is 2.23. The van der Waals surface area contributed by atoms with Crippen LogP contribution in [0.5, 0.6) is 0 Å². The second-order valence-corrected chi connectivity index (χ2v) is 9.09. The maximum Gasteiger partial charge on any atom is 0.306 e. The third kappa shape index (κ3) is 4.94. The quantitative estimate of drug-likeness (QED) is 0.424. The Labute approximate surface area is 182 Å². The summed E-state index contributed by atoms with van der Waals surface area (Å²) in [6.45, 7) is 0.768. The van der Waals surface area contributed by atoms with Crippen LogP contribution in [0.25, 0.3) is 10.8 Å². The second-order valence-electron chi connectivity index (χ2n) is 7.44. The zero-order valence-electron chi connectivity index (χ0n) is 17.1. The van der Waals surface area contributed by atoms with Crippen LogP contribution in [-0.2, 0) is 26.2 Å². The number of rotatable bonds is 8. The molecule has 1 heterocycles. The van der Waals surface area contributed by atoms with Crippen LogP contribution in [0.15, 0.2) is 76.6 Å². The minimum absolute atomic E-state index is 0.211. The number of carbonyl (C=O) groups is 1. The molecule has 1 N–H and O–H groups in total. The molecule has 1 aliphatic rings. The number of nitrogens with one attached hydrogen (secondary N) is 1. The molecule has 0 fully saturated rings. The van der Waals surface area contributed by atoms with E-state index in [1.807, 2.05) is 42.5 Å². The van der Waals surface area contributed by atoms with Gasteiger partial charge in [0.2, 0.25) is 0 Å². The van der Waals surface area contributed by atoms with Gasteiger partial charge in [0.15, 0.2) is 0 Å². The molecule has 7 heteroatoms. The fourth-order valence-electron chi connectivity index (χ4n) is 3.65. The van der Waals surface area contributed by atoms with Crippen molar-refractivity contribution >= 4 is 32.6 Å². The van der Waals surface area contributed by atoms with E-state index in [0.717, 1.165) is 29.2 Å². The van der Waals surface area contributed by atoms with Crippen molar-refractivity contribution in [3.05, 3.63) is 77.9 Å². The Hall–Kier alpha value is -3.19. The number of unbranched alkanes of at least 4 members (excludes halogenated alkanes) is 2. The number of esters is 1.